The predicted octanol–water partition coefficient (Wildman–Crippen LogP) is 3.62. The van der Waals surface area contributed by atoms with E-state index in [1.165, 1.54) is 30.4 Å². The maximum Gasteiger partial charge on any atom is 0.120 e. The zero-order valence-corrected chi connectivity index (χ0v) is 10.8. The number of rotatable bonds is 4. The first kappa shape index (κ1) is 11.5. The van der Waals surface area contributed by atoms with Gasteiger partial charge in [0, 0.05) is 6.54 Å². The fourth-order valence-electron chi connectivity index (χ4n) is 2.64. The van der Waals surface area contributed by atoms with Gasteiger partial charge in [0.2, 0.25) is 0 Å². The summed E-state index contributed by atoms with van der Waals surface area (Å²) in [7, 11) is 0. The zero-order chi connectivity index (χ0) is 12.4. The second-order valence-corrected chi connectivity index (χ2v) is 5.07. The number of furan rings is 1. The van der Waals surface area contributed by atoms with Crippen molar-refractivity contribution in [3.8, 4) is 0 Å². The Morgan fingerprint density at radius 3 is 2.94 bits per heavy atom. The van der Waals surface area contributed by atoms with Gasteiger partial charge in [-0.25, -0.2) is 0 Å². The molecule has 0 spiro atoms. The minimum absolute atomic E-state index is 0.258. The predicted molar refractivity (Wildman–Crippen MR) is 72.4 cm³/mol. The van der Waals surface area contributed by atoms with Crippen molar-refractivity contribution >= 4 is 0 Å². The van der Waals surface area contributed by atoms with E-state index in [1.54, 1.807) is 11.8 Å². The molecule has 1 aliphatic rings. The molecule has 0 saturated carbocycles. The third kappa shape index (κ3) is 2.34. The Hall–Kier alpha value is -1.54. The topological polar surface area (TPSA) is 25.2 Å². The van der Waals surface area contributed by atoms with Gasteiger partial charge in [-0.1, -0.05) is 18.2 Å². The van der Waals surface area contributed by atoms with Gasteiger partial charge in [0.15, 0.2) is 0 Å². The lowest BCUT2D eigenvalue weighted by molar-refractivity contribution is 0.430. The summed E-state index contributed by atoms with van der Waals surface area (Å²) >= 11 is 0. The van der Waals surface area contributed by atoms with E-state index < -0.39 is 0 Å². The van der Waals surface area contributed by atoms with E-state index in [1.807, 2.05) is 12.1 Å². The molecule has 1 atom stereocenters. The van der Waals surface area contributed by atoms with Crippen LogP contribution in [0.5, 0.6) is 0 Å². The number of fused-ring (bicyclic) bond motifs is 1. The summed E-state index contributed by atoms with van der Waals surface area (Å²) in [6.45, 7) is 3.03. The van der Waals surface area contributed by atoms with Crippen LogP contribution in [0.15, 0.2) is 41.0 Å². The van der Waals surface area contributed by atoms with Crippen LogP contribution in [0.25, 0.3) is 0 Å². The summed E-state index contributed by atoms with van der Waals surface area (Å²) in [4.78, 5) is 0. The summed E-state index contributed by atoms with van der Waals surface area (Å²) in [5.74, 6) is 0.996. The Bertz CT molecular complexity index is 516. The smallest absolute Gasteiger partial charge is 0.120 e. The van der Waals surface area contributed by atoms with E-state index in [9.17, 15) is 0 Å². The molecular weight excluding hydrogens is 222 g/mol. The van der Waals surface area contributed by atoms with Gasteiger partial charge in [0.25, 0.3) is 0 Å². The molecule has 0 bridgehead atoms. The van der Waals surface area contributed by atoms with Crippen LogP contribution in [0.3, 0.4) is 0 Å². The highest BCUT2D eigenvalue weighted by Gasteiger charge is 2.11. The molecule has 2 heteroatoms. The van der Waals surface area contributed by atoms with Gasteiger partial charge in [-0.05, 0) is 55.0 Å². The zero-order valence-electron chi connectivity index (χ0n) is 10.8. The van der Waals surface area contributed by atoms with E-state index in [2.05, 4.69) is 30.4 Å². The normalized spacial score (nSPS) is 15.6. The molecule has 18 heavy (non-hydrogen) atoms. The number of hydrogen-bond donors (Lipinski definition) is 1. The van der Waals surface area contributed by atoms with Crippen molar-refractivity contribution in [2.45, 2.75) is 38.8 Å². The molecule has 0 aliphatic heterocycles. The lowest BCUT2D eigenvalue weighted by Crippen LogP contribution is -2.17. The van der Waals surface area contributed by atoms with Gasteiger partial charge < -0.3 is 9.73 Å². The molecule has 0 fully saturated rings. The minimum atomic E-state index is 0.258. The van der Waals surface area contributed by atoms with Gasteiger partial charge in [-0.2, -0.15) is 0 Å². The van der Waals surface area contributed by atoms with Crippen molar-refractivity contribution < 1.29 is 4.42 Å². The first-order chi connectivity index (χ1) is 8.83. The molecule has 1 unspecified atom stereocenters. The summed E-state index contributed by atoms with van der Waals surface area (Å²) in [6, 6.07) is 11.1. The van der Waals surface area contributed by atoms with Gasteiger partial charge in [-0.3, -0.25) is 0 Å². The van der Waals surface area contributed by atoms with Gasteiger partial charge in [0.1, 0.15) is 5.76 Å². The molecule has 3 rings (SSSR count). The van der Waals surface area contributed by atoms with Crippen LogP contribution < -0.4 is 5.32 Å². The van der Waals surface area contributed by atoms with Crippen molar-refractivity contribution in [3.63, 3.8) is 0 Å². The Morgan fingerprint density at radius 2 is 2.11 bits per heavy atom. The lowest BCUT2D eigenvalue weighted by atomic mass is 10.1. The third-order valence-electron chi connectivity index (χ3n) is 3.75. The van der Waals surface area contributed by atoms with Crippen LogP contribution in [0.1, 0.15) is 41.8 Å². The highest BCUT2D eigenvalue weighted by atomic mass is 16.3. The van der Waals surface area contributed by atoms with Crippen LogP contribution in [0, 0.1) is 0 Å². The Balaban J connectivity index is 1.63. The molecule has 2 nitrogen and oxygen atoms in total. The van der Waals surface area contributed by atoms with Crippen molar-refractivity contribution in [2.75, 3.05) is 0 Å². The highest BCUT2D eigenvalue weighted by molar-refractivity contribution is 5.35. The molecular formula is C16H19NO. The average molecular weight is 241 g/mol. The number of nitrogens with one attached hydrogen (secondary N) is 1. The van der Waals surface area contributed by atoms with Gasteiger partial charge in [0.05, 0.1) is 12.3 Å². The standard InChI is InChI=1S/C16H19NO/c1-12(16-6-3-9-18-16)17-11-13-7-8-14-4-2-5-15(14)10-13/h3,6-10,12,17H,2,4-5,11H2,1H3. The molecule has 1 aromatic heterocycles. The first-order valence-corrected chi connectivity index (χ1v) is 6.70. The number of benzene rings is 1. The van der Waals surface area contributed by atoms with E-state index in [0.29, 0.717) is 0 Å². The van der Waals surface area contributed by atoms with Crippen LogP contribution in [-0.4, -0.2) is 0 Å². The Labute approximate surface area is 108 Å². The fraction of sp³-hybridized carbons (Fsp3) is 0.375. The second-order valence-electron chi connectivity index (χ2n) is 5.07. The first-order valence-electron chi connectivity index (χ1n) is 6.70. The lowest BCUT2D eigenvalue weighted by Gasteiger charge is -2.12. The average Bonchev–Trinajstić information content (AvgIpc) is 3.05. The number of aryl methyl sites for hydroxylation is 2. The quantitative estimate of drug-likeness (QED) is 0.884. The molecule has 0 amide bonds. The number of hydrogen-bond acceptors (Lipinski definition) is 2. The molecule has 0 saturated heterocycles. The van der Waals surface area contributed by atoms with Crippen molar-refractivity contribution in [1.29, 1.82) is 0 Å². The van der Waals surface area contributed by atoms with E-state index >= 15 is 0 Å². The highest BCUT2D eigenvalue weighted by Crippen LogP contribution is 2.23. The summed E-state index contributed by atoms with van der Waals surface area (Å²) < 4.78 is 5.40. The van der Waals surface area contributed by atoms with E-state index in [0.717, 1.165) is 12.3 Å². The van der Waals surface area contributed by atoms with E-state index in [4.69, 9.17) is 4.42 Å². The van der Waals surface area contributed by atoms with Gasteiger partial charge in [-0.15, -0.1) is 0 Å². The fourth-order valence-corrected chi connectivity index (χ4v) is 2.64. The van der Waals surface area contributed by atoms with Crippen LogP contribution in [0.4, 0.5) is 0 Å². The third-order valence-corrected chi connectivity index (χ3v) is 3.75. The molecule has 1 N–H and O–H groups in total. The van der Waals surface area contributed by atoms with Crippen LogP contribution in [0.2, 0.25) is 0 Å². The minimum Gasteiger partial charge on any atom is -0.468 e. The van der Waals surface area contributed by atoms with E-state index in [-0.39, 0.29) is 6.04 Å². The summed E-state index contributed by atoms with van der Waals surface area (Å²) in [6.07, 6.45) is 5.54. The summed E-state index contributed by atoms with van der Waals surface area (Å²) in [5.41, 5.74) is 4.45. The van der Waals surface area contributed by atoms with Crippen molar-refractivity contribution in [2.24, 2.45) is 0 Å². The Kier molecular flexibility index (Phi) is 3.20. The monoisotopic (exact) mass is 241 g/mol. The van der Waals surface area contributed by atoms with Crippen LogP contribution in [-0.2, 0) is 19.4 Å². The van der Waals surface area contributed by atoms with Crippen molar-refractivity contribution in [1.82, 2.24) is 5.32 Å². The maximum absolute atomic E-state index is 5.40. The molecule has 94 valence electrons. The Morgan fingerprint density at radius 1 is 1.22 bits per heavy atom. The molecule has 2 aromatic rings. The molecule has 0 radical (unpaired) electrons. The molecule has 1 aliphatic carbocycles. The van der Waals surface area contributed by atoms with Crippen LogP contribution >= 0.6 is 0 Å². The molecule has 1 aromatic carbocycles. The van der Waals surface area contributed by atoms with Crippen molar-refractivity contribution in [3.05, 3.63) is 59.0 Å². The second kappa shape index (κ2) is 4.99. The summed E-state index contributed by atoms with van der Waals surface area (Å²) in [5, 5.41) is 3.50. The SMILES string of the molecule is CC(NCc1ccc2c(c1)CCC2)c1ccco1. The molecule has 1 heterocycles. The maximum atomic E-state index is 5.40. The largest absolute Gasteiger partial charge is 0.468 e. The van der Waals surface area contributed by atoms with Gasteiger partial charge >= 0.3 is 0 Å².